The van der Waals surface area contributed by atoms with E-state index in [1.807, 2.05) is 30.3 Å². The van der Waals surface area contributed by atoms with Gasteiger partial charge in [0, 0.05) is 17.3 Å². The lowest BCUT2D eigenvalue weighted by atomic mass is 10.1. The van der Waals surface area contributed by atoms with Gasteiger partial charge in [-0.25, -0.2) is 4.79 Å². The molecule has 29 heavy (non-hydrogen) atoms. The fourth-order valence-corrected chi connectivity index (χ4v) is 3.23. The lowest BCUT2D eigenvalue weighted by Gasteiger charge is -2.16. The molecule has 150 valence electrons. The van der Waals surface area contributed by atoms with E-state index in [-0.39, 0.29) is 31.0 Å². The number of carbonyl (C=O) groups excluding carboxylic acids is 1. The largest absolute Gasteiger partial charge is 0.384 e. The van der Waals surface area contributed by atoms with Crippen LogP contribution in [0.5, 0.6) is 0 Å². The van der Waals surface area contributed by atoms with Gasteiger partial charge in [-0.05, 0) is 30.7 Å². The molecule has 1 heterocycles. The van der Waals surface area contributed by atoms with Crippen molar-refractivity contribution in [3.63, 3.8) is 0 Å². The van der Waals surface area contributed by atoms with Gasteiger partial charge in [-0.1, -0.05) is 48.0 Å². The fraction of sp³-hybridized carbons (Fsp3) is 0.190. The smallest absolute Gasteiger partial charge is 0.332 e. The predicted octanol–water partition coefficient (Wildman–Crippen LogP) is 2.61. The molecule has 3 N–H and O–H groups in total. The summed E-state index contributed by atoms with van der Waals surface area (Å²) in [5.74, 6) is -0.636. The third kappa shape index (κ3) is 4.41. The summed E-state index contributed by atoms with van der Waals surface area (Å²) in [6.45, 7) is 1.81. The first-order valence-corrected chi connectivity index (χ1v) is 9.49. The Labute approximate surface area is 172 Å². The number of carbonyl (C=O) groups is 1. The number of nitrogen functional groups attached to an aromatic ring is 1. The Hall–Kier alpha value is -3.32. The summed E-state index contributed by atoms with van der Waals surface area (Å²) in [6, 6.07) is 16.1. The van der Waals surface area contributed by atoms with Gasteiger partial charge < -0.3 is 11.1 Å². The summed E-state index contributed by atoms with van der Waals surface area (Å²) in [7, 11) is 0. The third-order valence-corrected chi connectivity index (χ3v) is 4.76. The van der Waals surface area contributed by atoms with Gasteiger partial charge in [0.2, 0.25) is 0 Å². The molecule has 0 spiro atoms. The van der Waals surface area contributed by atoms with E-state index in [4.69, 9.17) is 17.3 Å². The first-order chi connectivity index (χ1) is 13.9. The number of nitrogens with two attached hydrogens (primary N) is 1. The van der Waals surface area contributed by atoms with Crippen LogP contribution in [-0.4, -0.2) is 21.5 Å². The summed E-state index contributed by atoms with van der Waals surface area (Å²) < 4.78 is 2.28. The molecule has 8 heteroatoms. The van der Waals surface area contributed by atoms with Crippen LogP contribution < -0.4 is 22.3 Å². The van der Waals surface area contributed by atoms with Crippen molar-refractivity contribution in [3.05, 3.63) is 91.6 Å². The molecule has 3 aromatic rings. The molecule has 0 radical (unpaired) electrons. The maximum atomic E-state index is 12.8. The quantitative estimate of drug-likeness (QED) is 0.581. The Morgan fingerprint density at radius 2 is 1.79 bits per heavy atom. The highest BCUT2D eigenvalue weighted by Crippen LogP contribution is 2.15. The van der Waals surface area contributed by atoms with Crippen molar-refractivity contribution in [3.8, 4) is 0 Å². The lowest BCUT2D eigenvalue weighted by Crippen LogP contribution is -2.44. The lowest BCUT2D eigenvalue weighted by molar-refractivity contribution is 0.100. The van der Waals surface area contributed by atoms with Crippen LogP contribution in [0.2, 0.25) is 5.02 Å². The number of aromatic nitrogens is 2. The minimum Gasteiger partial charge on any atom is -0.384 e. The van der Waals surface area contributed by atoms with Gasteiger partial charge in [0.1, 0.15) is 11.4 Å². The van der Waals surface area contributed by atoms with Crippen molar-refractivity contribution >= 4 is 28.9 Å². The minimum atomic E-state index is -0.683. The molecule has 0 saturated carbocycles. The van der Waals surface area contributed by atoms with E-state index >= 15 is 0 Å². The van der Waals surface area contributed by atoms with Gasteiger partial charge in [-0.15, -0.1) is 0 Å². The maximum Gasteiger partial charge on any atom is 0.332 e. The molecular weight excluding hydrogens is 392 g/mol. The van der Waals surface area contributed by atoms with Crippen molar-refractivity contribution < 1.29 is 4.79 Å². The fourth-order valence-electron chi connectivity index (χ4n) is 3.04. The van der Waals surface area contributed by atoms with Crippen LogP contribution in [0.25, 0.3) is 0 Å². The number of ketones is 1. The number of nitrogens with zero attached hydrogens (tertiary/aromatic N) is 2. The van der Waals surface area contributed by atoms with Gasteiger partial charge in [-0.3, -0.25) is 18.7 Å². The molecule has 0 unspecified atom stereocenters. The van der Waals surface area contributed by atoms with Crippen LogP contribution in [0.4, 0.5) is 11.5 Å². The number of anilines is 2. The average Bonchev–Trinajstić information content (AvgIpc) is 2.71. The summed E-state index contributed by atoms with van der Waals surface area (Å²) >= 11 is 5.95. The Kier molecular flexibility index (Phi) is 6.19. The van der Waals surface area contributed by atoms with E-state index in [2.05, 4.69) is 5.32 Å². The summed E-state index contributed by atoms with van der Waals surface area (Å²) in [6.07, 6.45) is 0. The van der Waals surface area contributed by atoms with Crippen molar-refractivity contribution in [1.82, 2.24) is 9.13 Å². The topological polar surface area (TPSA) is 99.1 Å². The zero-order valence-corrected chi connectivity index (χ0v) is 16.6. The second kappa shape index (κ2) is 8.79. The van der Waals surface area contributed by atoms with E-state index < -0.39 is 17.0 Å². The number of hydrogen-bond donors (Lipinski definition) is 2. The van der Waals surface area contributed by atoms with Crippen molar-refractivity contribution in [2.75, 3.05) is 17.6 Å². The normalized spacial score (nSPS) is 10.7. The van der Waals surface area contributed by atoms with Crippen molar-refractivity contribution in [1.29, 1.82) is 0 Å². The predicted molar refractivity (Wildman–Crippen MR) is 115 cm³/mol. The standard InChI is InChI=1S/C21H21ClN4O3/c1-2-25-20(28)18(17(27)12-24-16-10-6-9-15(22)11-16)19(23)26(21(25)29)13-14-7-4-3-5-8-14/h3-11,24H,2,12-13,23H2,1H3. The van der Waals surface area contributed by atoms with Gasteiger partial charge in [0.25, 0.3) is 5.56 Å². The molecule has 0 saturated heterocycles. The number of nitrogens with one attached hydrogen (secondary N) is 1. The van der Waals surface area contributed by atoms with Crippen LogP contribution >= 0.6 is 11.6 Å². The Morgan fingerprint density at radius 3 is 2.45 bits per heavy atom. The number of halogens is 1. The molecule has 0 fully saturated rings. The van der Waals surface area contributed by atoms with E-state index in [0.29, 0.717) is 10.7 Å². The molecule has 0 amide bonds. The van der Waals surface area contributed by atoms with E-state index in [0.717, 1.165) is 10.1 Å². The molecular formula is C21H21ClN4O3. The van der Waals surface area contributed by atoms with Gasteiger partial charge >= 0.3 is 5.69 Å². The Bertz CT molecular complexity index is 1150. The molecule has 7 nitrogen and oxygen atoms in total. The van der Waals surface area contributed by atoms with Gasteiger partial charge in [0.15, 0.2) is 5.78 Å². The highest BCUT2D eigenvalue weighted by molar-refractivity contribution is 6.30. The summed E-state index contributed by atoms with van der Waals surface area (Å²) in [5.41, 5.74) is 6.17. The minimum absolute atomic E-state index is 0.133. The average molecular weight is 413 g/mol. The molecule has 0 aliphatic rings. The highest BCUT2D eigenvalue weighted by atomic mass is 35.5. The van der Waals surface area contributed by atoms with Crippen LogP contribution in [0.3, 0.4) is 0 Å². The first-order valence-electron chi connectivity index (χ1n) is 9.12. The Morgan fingerprint density at radius 1 is 1.07 bits per heavy atom. The van der Waals surface area contributed by atoms with Crippen molar-refractivity contribution in [2.45, 2.75) is 20.0 Å². The zero-order chi connectivity index (χ0) is 21.0. The van der Waals surface area contributed by atoms with E-state index in [1.54, 1.807) is 31.2 Å². The SMILES string of the molecule is CCn1c(=O)c(C(=O)CNc2cccc(Cl)c2)c(N)n(Cc2ccccc2)c1=O. The molecule has 2 aromatic carbocycles. The molecule has 0 atom stereocenters. The van der Waals surface area contributed by atoms with Crippen LogP contribution in [0, 0.1) is 0 Å². The number of Topliss-reactive ketones (excluding diaryl/α,β-unsaturated/α-hetero) is 1. The van der Waals surface area contributed by atoms with Crippen LogP contribution in [0.1, 0.15) is 22.8 Å². The third-order valence-electron chi connectivity index (χ3n) is 4.52. The second-order valence-electron chi connectivity index (χ2n) is 6.45. The number of hydrogen-bond acceptors (Lipinski definition) is 5. The maximum absolute atomic E-state index is 12.8. The van der Waals surface area contributed by atoms with Crippen LogP contribution in [-0.2, 0) is 13.1 Å². The molecule has 0 bridgehead atoms. The zero-order valence-electron chi connectivity index (χ0n) is 15.9. The molecule has 3 rings (SSSR count). The highest BCUT2D eigenvalue weighted by Gasteiger charge is 2.22. The summed E-state index contributed by atoms with van der Waals surface area (Å²) in [4.78, 5) is 38.3. The number of rotatable bonds is 7. The van der Waals surface area contributed by atoms with E-state index in [9.17, 15) is 14.4 Å². The van der Waals surface area contributed by atoms with Gasteiger partial charge in [0.05, 0.1) is 13.1 Å². The Balaban J connectivity index is 1.99. The van der Waals surface area contributed by atoms with E-state index in [1.165, 1.54) is 4.57 Å². The molecule has 1 aromatic heterocycles. The van der Waals surface area contributed by atoms with Crippen LogP contribution in [0.15, 0.2) is 64.2 Å². The molecule has 0 aliphatic heterocycles. The first kappa shape index (κ1) is 20.4. The second-order valence-corrected chi connectivity index (χ2v) is 6.89. The number of benzene rings is 2. The molecule has 0 aliphatic carbocycles. The monoisotopic (exact) mass is 412 g/mol. The van der Waals surface area contributed by atoms with Gasteiger partial charge in [-0.2, -0.15) is 0 Å². The summed E-state index contributed by atoms with van der Waals surface area (Å²) in [5, 5.41) is 3.45. The van der Waals surface area contributed by atoms with Crippen molar-refractivity contribution in [2.24, 2.45) is 0 Å².